The van der Waals surface area contributed by atoms with Gasteiger partial charge >= 0.3 is 0 Å². The maximum absolute atomic E-state index is 5.09. The molecule has 0 spiro atoms. The fraction of sp³-hybridized carbons (Fsp3) is 0.500. The molecule has 8 bridgehead atoms. The Labute approximate surface area is 237 Å². The van der Waals surface area contributed by atoms with Gasteiger partial charge in [-0.1, -0.05) is 83.1 Å². The second-order valence-corrected chi connectivity index (χ2v) is 15.0. The normalized spacial score (nSPS) is 14.8. The monoisotopic (exact) mass is 538 g/mol. The van der Waals surface area contributed by atoms with E-state index < -0.39 is 0 Å². The standard InChI is InChI=1S/C32H42N8/c1-29(2,3)17-13-21-33-22-14-19(31(7,8)9)27(35-22)40-28-20(32(10,11)12)16-24(39-28)38-26-18(30(4,5)6)15-23(37-26)36-25(17)34-21/h13-16H,1-12H3,(H2,33,34,35,36,37,38,39,40). The summed E-state index contributed by atoms with van der Waals surface area (Å²) >= 11 is 0. The minimum atomic E-state index is -0.180. The molecule has 210 valence electrons. The first kappa shape index (κ1) is 27.9. The lowest BCUT2D eigenvalue weighted by molar-refractivity contribution is 0.566. The topological polar surface area (TPSA) is 109 Å². The van der Waals surface area contributed by atoms with Crippen LogP contribution in [-0.4, -0.2) is 39.9 Å². The van der Waals surface area contributed by atoms with Crippen LogP contribution in [0.25, 0.3) is 45.9 Å². The van der Waals surface area contributed by atoms with E-state index in [0.717, 1.165) is 44.9 Å². The highest BCUT2D eigenvalue weighted by atomic mass is 15.1. The zero-order valence-corrected chi connectivity index (χ0v) is 26.0. The molecular weight excluding hydrogens is 496 g/mol. The largest absolute Gasteiger partial charge is 0.325 e. The molecular formula is C32H42N8. The number of aromatic nitrogens is 8. The Hall–Kier alpha value is -3.68. The van der Waals surface area contributed by atoms with E-state index >= 15 is 0 Å². The number of allylic oxidation sites excluding steroid dienone is 2. The van der Waals surface area contributed by atoms with Gasteiger partial charge in [-0.05, 0) is 45.9 Å². The van der Waals surface area contributed by atoms with Gasteiger partial charge < -0.3 is 9.97 Å². The summed E-state index contributed by atoms with van der Waals surface area (Å²) in [5.41, 5.74) is 6.47. The summed E-state index contributed by atoms with van der Waals surface area (Å²) < 4.78 is 0. The lowest BCUT2D eigenvalue weighted by atomic mass is 9.86. The van der Waals surface area contributed by atoms with Crippen LogP contribution in [0.5, 0.6) is 0 Å². The summed E-state index contributed by atoms with van der Waals surface area (Å²) in [6, 6.07) is 4.16. The second kappa shape index (κ2) is 8.91. The summed E-state index contributed by atoms with van der Waals surface area (Å²) in [4.78, 5) is 36.7. The molecule has 0 aromatic carbocycles. The number of nitrogens with zero attached hydrogens (tertiary/aromatic N) is 6. The Kier molecular flexibility index (Phi) is 6.21. The van der Waals surface area contributed by atoms with Crippen molar-refractivity contribution in [1.82, 2.24) is 39.9 Å². The first-order valence-electron chi connectivity index (χ1n) is 14.0. The Morgan fingerprint density at radius 1 is 0.450 bits per heavy atom. The molecule has 0 atom stereocenters. The van der Waals surface area contributed by atoms with Crippen molar-refractivity contribution in [2.45, 2.75) is 93.9 Å². The highest BCUT2D eigenvalue weighted by Crippen LogP contribution is 2.39. The molecule has 2 aliphatic rings. The van der Waals surface area contributed by atoms with Crippen LogP contribution in [-0.2, 0) is 10.8 Å². The van der Waals surface area contributed by atoms with Gasteiger partial charge in [0.05, 0.1) is 0 Å². The molecule has 8 nitrogen and oxygen atoms in total. The molecule has 0 saturated heterocycles. The van der Waals surface area contributed by atoms with Crippen molar-refractivity contribution in [3.8, 4) is 0 Å². The van der Waals surface area contributed by atoms with E-state index in [0.29, 0.717) is 23.3 Å². The van der Waals surface area contributed by atoms with Crippen molar-refractivity contribution < 1.29 is 0 Å². The maximum Gasteiger partial charge on any atom is 0.160 e. The van der Waals surface area contributed by atoms with Crippen molar-refractivity contribution in [2.75, 3.05) is 0 Å². The minimum Gasteiger partial charge on any atom is -0.325 e. The number of hydrogen-bond donors (Lipinski definition) is 2. The molecule has 5 rings (SSSR count). The van der Waals surface area contributed by atoms with Crippen molar-refractivity contribution in [3.63, 3.8) is 0 Å². The highest BCUT2D eigenvalue weighted by molar-refractivity contribution is 5.85. The fourth-order valence-corrected chi connectivity index (χ4v) is 4.94. The highest BCUT2D eigenvalue weighted by Gasteiger charge is 2.29. The predicted octanol–water partition coefficient (Wildman–Crippen LogP) is 7.66. The van der Waals surface area contributed by atoms with Crippen LogP contribution in [0.3, 0.4) is 0 Å². The Morgan fingerprint density at radius 2 is 0.825 bits per heavy atom. The molecule has 40 heavy (non-hydrogen) atoms. The van der Waals surface area contributed by atoms with Crippen LogP contribution in [0, 0.1) is 10.8 Å². The van der Waals surface area contributed by atoms with Crippen molar-refractivity contribution in [3.05, 3.63) is 46.6 Å². The summed E-state index contributed by atoms with van der Waals surface area (Å²) in [6.07, 6.45) is 4.07. The van der Waals surface area contributed by atoms with Gasteiger partial charge in [0.25, 0.3) is 0 Å². The molecule has 0 amide bonds. The van der Waals surface area contributed by atoms with E-state index in [1.54, 1.807) is 0 Å². The maximum atomic E-state index is 5.09. The Bertz CT molecular complexity index is 1720. The molecule has 0 aliphatic carbocycles. The van der Waals surface area contributed by atoms with E-state index in [4.69, 9.17) is 29.9 Å². The number of nitrogens with one attached hydrogen (secondary N) is 2. The quantitative estimate of drug-likeness (QED) is 0.304. The van der Waals surface area contributed by atoms with Gasteiger partial charge in [0.2, 0.25) is 0 Å². The van der Waals surface area contributed by atoms with Gasteiger partial charge in [-0.2, -0.15) is 0 Å². The second-order valence-electron chi connectivity index (χ2n) is 15.0. The van der Waals surface area contributed by atoms with Crippen molar-refractivity contribution >= 4 is 45.9 Å². The predicted molar refractivity (Wildman–Crippen MR) is 164 cm³/mol. The molecule has 0 unspecified atom stereocenters. The van der Waals surface area contributed by atoms with Crippen LogP contribution >= 0.6 is 0 Å². The summed E-state index contributed by atoms with van der Waals surface area (Å²) in [6.45, 7) is 26.1. The molecule has 3 aromatic heterocycles. The van der Waals surface area contributed by atoms with Crippen LogP contribution in [0.15, 0.2) is 12.1 Å². The SMILES string of the molecule is CC(C)(C)C1=Cc2nc1nc1nc(nc3[nH]c(cc3C(C)(C)C)nc3cc(C(C)(C)C)c(n2)[nH]3)C(C(C)(C)C)=C1. The summed E-state index contributed by atoms with van der Waals surface area (Å²) in [5, 5.41) is 0. The summed E-state index contributed by atoms with van der Waals surface area (Å²) in [5.74, 6) is 2.49. The van der Waals surface area contributed by atoms with E-state index in [2.05, 4.69) is 105 Å². The van der Waals surface area contributed by atoms with Gasteiger partial charge in [0.1, 0.15) is 22.6 Å². The molecule has 8 heteroatoms. The number of H-pyrrole nitrogens is 2. The van der Waals surface area contributed by atoms with Crippen molar-refractivity contribution in [2.24, 2.45) is 10.8 Å². The fourth-order valence-electron chi connectivity index (χ4n) is 4.94. The van der Waals surface area contributed by atoms with E-state index in [1.165, 1.54) is 0 Å². The number of rotatable bonds is 0. The van der Waals surface area contributed by atoms with Gasteiger partial charge in [0, 0.05) is 22.3 Å². The Morgan fingerprint density at radius 3 is 1.23 bits per heavy atom. The summed E-state index contributed by atoms with van der Waals surface area (Å²) in [7, 11) is 0. The van der Waals surface area contributed by atoms with Gasteiger partial charge in [0.15, 0.2) is 23.3 Å². The molecule has 2 aliphatic heterocycles. The van der Waals surface area contributed by atoms with Crippen molar-refractivity contribution in [1.29, 1.82) is 0 Å². The van der Waals surface area contributed by atoms with Gasteiger partial charge in [-0.15, -0.1) is 0 Å². The minimum absolute atomic E-state index is 0.149. The first-order chi connectivity index (χ1) is 18.3. The van der Waals surface area contributed by atoms with Gasteiger partial charge in [-0.3, -0.25) is 0 Å². The van der Waals surface area contributed by atoms with Gasteiger partial charge in [-0.25, -0.2) is 29.9 Å². The molecule has 5 heterocycles. The average molecular weight is 539 g/mol. The lowest BCUT2D eigenvalue weighted by Gasteiger charge is -2.19. The number of fused-ring (bicyclic) bond motifs is 8. The molecule has 0 radical (unpaired) electrons. The van der Waals surface area contributed by atoms with Crippen LogP contribution < -0.4 is 0 Å². The molecule has 2 N–H and O–H groups in total. The third-order valence-corrected chi connectivity index (χ3v) is 7.17. The van der Waals surface area contributed by atoms with E-state index in [1.807, 2.05) is 12.2 Å². The smallest absolute Gasteiger partial charge is 0.160 e. The lowest BCUT2D eigenvalue weighted by Crippen LogP contribution is -2.11. The third kappa shape index (κ3) is 5.36. The zero-order chi connectivity index (χ0) is 29.4. The zero-order valence-electron chi connectivity index (χ0n) is 26.0. The van der Waals surface area contributed by atoms with E-state index in [-0.39, 0.29) is 21.7 Å². The van der Waals surface area contributed by atoms with E-state index in [9.17, 15) is 0 Å². The Balaban J connectivity index is 1.96. The average Bonchev–Trinajstić information content (AvgIpc) is 3.53. The van der Waals surface area contributed by atoms with Crippen LogP contribution in [0.4, 0.5) is 0 Å². The number of aromatic amines is 2. The third-order valence-electron chi connectivity index (χ3n) is 7.17. The first-order valence-corrected chi connectivity index (χ1v) is 14.0. The molecule has 3 aromatic rings. The molecule has 0 saturated carbocycles. The number of hydrogen-bond acceptors (Lipinski definition) is 6. The van der Waals surface area contributed by atoms with Crippen LogP contribution in [0.1, 0.15) is 118 Å². The van der Waals surface area contributed by atoms with Crippen LogP contribution in [0.2, 0.25) is 0 Å². The molecule has 0 fully saturated rings.